The predicted octanol–water partition coefficient (Wildman–Crippen LogP) is 1.60. The molecule has 0 bridgehead atoms. The lowest BCUT2D eigenvalue weighted by molar-refractivity contribution is -0.136. The molecular formula is C17H25N3OS. The van der Waals surface area contributed by atoms with Gasteiger partial charge in [-0.1, -0.05) is 30.3 Å². The number of likely N-dealkylation sites (N-methyl/N-ethyl adjacent to an activating group) is 1. The predicted molar refractivity (Wildman–Crippen MR) is 92.1 cm³/mol. The highest BCUT2D eigenvalue weighted by Gasteiger charge is 2.31. The zero-order valence-electron chi connectivity index (χ0n) is 13.2. The molecule has 2 aliphatic rings. The first kappa shape index (κ1) is 15.8. The Morgan fingerprint density at radius 1 is 1.32 bits per heavy atom. The molecule has 120 valence electrons. The lowest BCUT2D eigenvalue weighted by atomic mass is 10.0. The number of rotatable bonds is 3. The summed E-state index contributed by atoms with van der Waals surface area (Å²) in [6.45, 7) is 3.73. The van der Waals surface area contributed by atoms with E-state index in [1.54, 1.807) is 0 Å². The van der Waals surface area contributed by atoms with Crippen molar-refractivity contribution in [3.8, 4) is 0 Å². The van der Waals surface area contributed by atoms with E-state index in [4.69, 9.17) is 0 Å². The second-order valence-electron chi connectivity index (χ2n) is 6.21. The maximum atomic E-state index is 12.8. The van der Waals surface area contributed by atoms with Crippen LogP contribution in [0.25, 0.3) is 0 Å². The van der Waals surface area contributed by atoms with Crippen molar-refractivity contribution in [2.45, 2.75) is 18.5 Å². The van der Waals surface area contributed by atoms with Crippen LogP contribution in [0.15, 0.2) is 30.3 Å². The second kappa shape index (κ2) is 7.49. The van der Waals surface area contributed by atoms with Crippen LogP contribution in [0, 0.1) is 0 Å². The Bertz CT molecular complexity index is 490. The molecule has 1 aromatic carbocycles. The van der Waals surface area contributed by atoms with Crippen LogP contribution in [0.1, 0.15) is 18.0 Å². The third kappa shape index (κ3) is 3.83. The fourth-order valence-electron chi connectivity index (χ4n) is 3.26. The Morgan fingerprint density at radius 2 is 2.14 bits per heavy atom. The van der Waals surface area contributed by atoms with Crippen LogP contribution in [0.4, 0.5) is 0 Å². The molecule has 2 heterocycles. The summed E-state index contributed by atoms with van der Waals surface area (Å²) in [6, 6.07) is 11.0. The molecule has 1 aromatic rings. The van der Waals surface area contributed by atoms with Crippen LogP contribution in [0.5, 0.6) is 0 Å². The Kier molecular flexibility index (Phi) is 5.39. The van der Waals surface area contributed by atoms with Gasteiger partial charge in [-0.25, -0.2) is 0 Å². The van der Waals surface area contributed by atoms with E-state index in [-0.39, 0.29) is 6.04 Å². The number of carbonyl (C=O) groups excluding carboxylic acids is 1. The molecule has 5 heteroatoms. The van der Waals surface area contributed by atoms with E-state index in [0.29, 0.717) is 18.4 Å². The van der Waals surface area contributed by atoms with E-state index in [9.17, 15) is 4.79 Å². The van der Waals surface area contributed by atoms with Crippen molar-refractivity contribution in [2.24, 2.45) is 0 Å². The van der Waals surface area contributed by atoms with Gasteiger partial charge in [-0.2, -0.15) is 11.8 Å². The second-order valence-corrected chi connectivity index (χ2v) is 7.36. The van der Waals surface area contributed by atoms with Crippen LogP contribution in [0.3, 0.4) is 0 Å². The van der Waals surface area contributed by atoms with Crippen LogP contribution in [0.2, 0.25) is 0 Å². The van der Waals surface area contributed by atoms with E-state index in [1.165, 1.54) is 5.56 Å². The monoisotopic (exact) mass is 319 g/mol. The van der Waals surface area contributed by atoms with Gasteiger partial charge < -0.3 is 15.1 Å². The van der Waals surface area contributed by atoms with E-state index in [1.807, 2.05) is 17.8 Å². The third-order valence-corrected chi connectivity index (χ3v) is 5.64. The number of thioether (sulfide) groups is 1. The minimum absolute atomic E-state index is 0.184. The summed E-state index contributed by atoms with van der Waals surface area (Å²) in [7, 11) is 2.14. The number of amides is 1. The van der Waals surface area contributed by atoms with Crippen molar-refractivity contribution < 1.29 is 4.79 Å². The molecular weight excluding hydrogens is 294 g/mol. The van der Waals surface area contributed by atoms with E-state index in [0.717, 1.165) is 37.7 Å². The molecule has 4 nitrogen and oxygen atoms in total. The molecule has 2 atom stereocenters. The van der Waals surface area contributed by atoms with Crippen LogP contribution in [-0.4, -0.2) is 66.5 Å². The lowest BCUT2D eigenvalue weighted by Gasteiger charge is -2.41. The van der Waals surface area contributed by atoms with Crippen molar-refractivity contribution in [1.82, 2.24) is 15.1 Å². The molecule has 0 saturated carbocycles. The van der Waals surface area contributed by atoms with Crippen molar-refractivity contribution >= 4 is 17.7 Å². The van der Waals surface area contributed by atoms with Crippen molar-refractivity contribution in [3.05, 3.63) is 35.9 Å². The highest BCUT2D eigenvalue weighted by atomic mass is 32.2. The molecule has 3 rings (SSSR count). The number of piperazine rings is 1. The molecule has 2 saturated heterocycles. The standard InChI is InChI=1S/C17H25N3OS/c1-19-8-9-20(16(12-19)14-5-3-2-4-6-14)17(21)11-15-13-22-10-7-18-15/h2-6,15-16,18H,7-13H2,1H3. The van der Waals surface area contributed by atoms with Crippen molar-refractivity contribution in [1.29, 1.82) is 0 Å². The van der Waals surface area contributed by atoms with Gasteiger partial charge in [-0.15, -0.1) is 0 Å². The quantitative estimate of drug-likeness (QED) is 0.918. The molecule has 2 fully saturated rings. The topological polar surface area (TPSA) is 35.6 Å². The molecule has 0 aromatic heterocycles. The van der Waals surface area contributed by atoms with Gasteiger partial charge in [0.05, 0.1) is 6.04 Å². The van der Waals surface area contributed by atoms with E-state index < -0.39 is 0 Å². The van der Waals surface area contributed by atoms with Gasteiger partial charge in [0.25, 0.3) is 0 Å². The Hall–Kier alpha value is -1.04. The molecule has 1 N–H and O–H groups in total. The van der Waals surface area contributed by atoms with Crippen LogP contribution in [-0.2, 0) is 4.79 Å². The zero-order valence-corrected chi connectivity index (χ0v) is 14.0. The van der Waals surface area contributed by atoms with Gasteiger partial charge in [-0.3, -0.25) is 4.79 Å². The summed E-state index contributed by atoms with van der Waals surface area (Å²) in [6.07, 6.45) is 0.625. The molecule has 2 aliphatic heterocycles. The molecule has 1 amide bonds. The van der Waals surface area contributed by atoms with E-state index in [2.05, 4.69) is 46.4 Å². The molecule has 0 aliphatic carbocycles. The molecule has 22 heavy (non-hydrogen) atoms. The average molecular weight is 319 g/mol. The fourth-order valence-corrected chi connectivity index (χ4v) is 4.21. The summed E-state index contributed by atoms with van der Waals surface area (Å²) < 4.78 is 0. The highest BCUT2D eigenvalue weighted by Crippen LogP contribution is 2.26. The summed E-state index contributed by atoms with van der Waals surface area (Å²) in [4.78, 5) is 17.2. The van der Waals surface area contributed by atoms with Gasteiger partial charge in [0.2, 0.25) is 5.91 Å². The first-order valence-corrected chi connectivity index (χ1v) is 9.23. The summed E-state index contributed by atoms with van der Waals surface area (Å²) in [5.41, 5.74) is 1.24. The first-order chi connectivity index (χ1) is 10.7. The van der Waals surface area contributed by atoms with E-state index >= 15 is 0 Å². The highest BCUT2D eigenvalue weighted by molar-refractivity contribution is 7.99. The van der Waals surface area contributed by atoms with Gasteiger partial charge in [0.15, 0.2) is 0 Å². The number of hydrogen-bond acceptors (Lipinski definition) is 4. The van der Waals surface area contributed by atoms with Crippen LogP contribution < -0.4 is 5.32 Å². The minimum atomic E-state index is 0.184. The van der Waals surface area contributed by atoms with Gasteiger partial charge in [0, 0.05) is 50.1 Å². The first-order valence-electron chi connectivity index (χ1n) is 8.08. The molecule has 0 spiro atoms. The molecule has 0 radical (unpaired) electrons. The fraction of sp³-hybridized carbons (Fsp3) is 0.588. The SMILES string of the molecule is CN1CCN(C(=O)CC2CSCCN2)C(c2ccccc2)C1. The normalized spacial score (nSPS) is 26.9. The zero-order chi connectivity index (χ0) is 15.4. The number of nitrogens with one attached hydrogen (secondary N) is 1. The third-order valence-electron chi connectivity index (χ3n) is 4.51. The maximum absolute atomic E-state index is 12.8. The number of nitrogens with zero attached hydrogens (tertiary/aromatic N) is 2. The van der Waals surface area contributed by atoms with Crippen molar-refractivity contribution in [2.75, 3.05) is 44.7 Å². The number of benzene rings is 1. The van der Waals surface area contributed by atoms with Gasteiger partial charge >= 0.3 is 0 Å². The van der Waals surface area contributed by atoms with Crippen molar-refractivity contribution in [3.63, 3.8) is 0 Å². The Labute approximate surface area is 137 Å². The number of hydrogen-bond donors (Lipinski definition) is 1. The van der Waals surface area contributed by atoms with Gasteiger partial charge in [0.1, 0.15) is 0 Å². The molecule has 2 unspecified atom stereocenters. The smallest absolute Gasteiger partial charge is 0.224 e. The minimum Gasteiger partial charge on any atom is -0.333 e. The van der Waals surface area contributed by atoms with Gasteiger partial charge in [-0.05, 0) is 12.6 Å². The summed E-state index contributed by atoms with van der Waals surface area (Å²) >= 11 is 1.95. The Balaban J connectivity index is 1.70. The summed E-state index contributed by atoms with van der Waals surface area (Å²) in [5.74, 6) is 2.50. The number of carbonyl (C=O) groups is 1. The van der Waals surface area contributed by atoms with Crippen LogP contribution >= 0.6 is 11.8 Å². The largest absolute Gasteiger partial charge is 0.333 e. The Morgan fingerprint density at radius 3 is 2.86 bits per heavy atom. The lowest BCUT2D eigenvalue weighted by Crippen LogP contribution is -2.51. The summed E-state index contributed by atoms with van der Waals surface area (Å²) in [5, 5.41) is 3.47. The maximum Gasteiger partial charge on any atom is 0.224 e. The average Bonchev–Trinajstić information content (AvgIpc) is 2.56.